The van der Waals surface area contributed by atoms with Crippen molar-refractivity contribution < 1.29 is 0 Å². The fourth-order valence-electron chi connectivity index (χ4n) is 5.20. The number of hydrogen-bond donors (Lipinski definition) is 1. The number of nitrogens with zero attached hydrogens (tertiary/aromatic N) is 1. The number of fused-ring (bicyclic) bond motifs is 1. The second-order valence-corrected chi connectivity index (χ2v) is 7.97. The Morgan fingerprint density at radius 2 is 1.50 bits per heavy atom. The van der Waals surface area contributed by atoms with Crippen molar-refractivity contribution in [3.05, 3.63) is 17.7 Å². The van der Waals surface area contributed by atoms with Gasteiger partial charge in [-0.25, -0.2) is 4.98 Å². The topological polar surface area (TPSA) is 28.7 Å². The quantitative estimate of drug-likeness (QED) is 0.678. The van der Waals surface area contributed by atoms with Crippen LogP contribution in [-0.2, 0) is 0 Å². The van der Waals surface area contributed by atoms with Crippen molar-refractivity contribution in [1.82, 2.24) is 9.97 Å². The van der Waals surface area contributed by atoms with Crippen molar-refractivity contribution in [3.8, 4) is 0 Å². The van der Waals surface area contributed by atoms with Gasteiger partial charge >= 0.3 is 0 Å². The molecule has 1 aromatic heterocycles. The summed E-state index contributed by atoms with van der Waals surface area (Å²) in [5.41, 5.74) is 1.43. The van der Waals surface area contributed by atoms with Gasteiger partial charge in [0.15, 0.2) is 0 Å². The smallest absolute Gasteiger partial charge is 0.103 e. The molecule has 2 saturated carbocycles. The molecular weight excluding hydrogens is 268 g/mol. The summed E-state index contributed by atoms with van der Waals surface area (Å²) in [4.78, 5) is 8.10. The Morgan fingerprint density at radius 3 is 2.23 bits per heavy atom. The van der Waals surface area contributed by atoms with Gasteiger partial charge in [-0.15, -0.1) is 0 Å². The third-order valence-electron chi connectivity index (χ3n) is 6.42. The fourth-order valence-corrected chi connectivity index (χ4v) is 5.20. The number of aryl methyl sites for hydroxylation is 1. The average Bonchev–Trinajstić information content (AvgIpc) is 2.94. The van der Waals surface area contributed by atoms with Crippen molar-refractivity contribution in [2.45, 2.75) is 90.4 Å². The minimum absolute atomic E-state index is 0.727. The monoisotopic (exact) mass is 302 g/mol. The van der Waals surface area contributed by atoms with Gasteiger partial charge < -0.3 is 4.98 Å². The third kappa shape index (κ3) is 3.75. The van der Waals surface area contributed by atoms with E-state index in [2.05, 4.69) is 30.0 Å². The zero-order chi connectivity index (χ0) is 15.4. The summed E-state index contributed by atoms with van der Waals surface area (Å²) in [5, 5.41) is 0. The largest absolute Gasteiger partial charge is 0.346 e. The van der Waals surface area contributed by atoms with Gasteiger partial charge in [0, 0.05) is 17.8 Å². The van der Waals surface area contributed by atoms with Crippen LogP contribution in [0.2, 0.25) is 0 Å². The van der Waals surface area contributed by atoms with Gasteiger partial charge in [-0.3, -0.25) is 0 Å². The molecule has 4 unspecified atom stereocenters. The Kier molecular flexibility index (Phi) is 5.60. The summed E-state index contributed by atoms with van der Waals surface area (Å²) in [5.74, 6) is 4.55. The van der Waals surface area contributed by atoms with Gasteiger partial charge in [-0.2, -0.15) is 0 Å². The molecule has 4 atom stereocenters. The van der Waals surface area contributed by atoms with Gasteiger partial charge in [0.05, 0.1) is 0 Å². The number of aromatic nitrogens is 2. The third-order valence-corrected chi connectivity index (χ3v) is 6.42. The van der Waals surface area contributed by atoms with E-state index < -0.39 is 0 Å². The molecule has 0 spiro atoms. The fraction of sp³-hybridized carbons (Fsp3) is 0.850. The van der Waals surface area contributed by atoms with Crippen LogP contribution in [0.1, 0.15) is 95.0 Å². The van der Waals surface area contributed by atoms with E-state index in [9.17, 15) is 0 Å². The number of rotatable bonds is 1. The predicted molar refractivity (Wildman–Crippen MR) is 93.0 cm³/mol. The Balaban J connectivity index is 1.88. The normalized spacial score (nSPS) is 34.6. The molecule has 0 aliphatic heterocycles. The molecule has 0 saturated heterocycles. The van der Waals surface area contributed by atoms with Gasteiger partial charge in [0.2, 0.25) is 0 Å². The first-order valence-corrected chi connectivity index (χ1v) is 9.77. The molecule has 22 heavy (non-hydrogen) atoms. The van der Waals surface area contributed by atoms with E-state index in [1.54, 1.807) is 0 Å². The highest BCUT2D eigenvalue weighted by Crippen LogP contribution is 2.45. The van der Waals surface area contributed by atoms with Crippen LogP contribution >= 0.6 is 0 Å². The highest BCUT2D eigenvalue weighted by atomic mass is 14.9. The highest BCUT2D eigenvalue weighted by Gasteiger charge is 2.35. The molecule has 2 heteroatoms. The van der Waals surface area contributed by atoms with E-state index in [1.165, 1.54) is 76.3 Å². The van der Waals surface area contributed by atoms with E-state index >= 15 is 0 Å². The lowest BCUT2D eigenvalue weighted by Crippen LogP contribution is -2.29. The Labute approximate surface area is 136 Å². The molecule has 1 heterocycles. The van der Waals surface area contributed by atoms with E-state index in [1.807, 2.05) is 0 Å². The van der Waals surface area contributed by atoms with E-state index in [4.69, 9.17) is 0 Å². The van der Waals surface area contributed by atoms with E-state index in [-0.39, 0.29) is 0 Å². The lowest BCUT2D eigenvalue weighted by Gasteiger charge is -2.38. The van der Waals surface area contributed by atoms with Gasteiger partial charge in [-0.05, 0) is 43.9 Å². The van der Waals surface area contributed by atoms with Crippen LogP contribution in [0.4, 0.5) is 0 Å². The van der Waals surface area contributed by atoms with Crippen LogP contribution < -0.4 is 0 Å². The molecule has 2 aliphatic rings. The van der Waals surface area contributed by atoms with Crippen LogP contribution in [-0.4, -0.2) is 9.97 Å². The SMILES string of the molecule is Cc1ncc(C2CCCCCCC3C(C)CCCCCC23)[nH]1. The maximum absolute atomic E-state index is 4.51. The van der Waals surface area contributed by atoms with Crippen LogP contribution in [0.15, 0.2) is 6.20 Å². The summed E-state index contributed by atoms with van der Waals surface area (Å²) in [6.07, 6.45) is 18.0. The molecule has 1 N–H and O–H groups in total. The molecule has 124 valence electrons. The predicted octanol–water partition coefficient (Wildman–Crippen LogP) is 5.99. The lowest BCUT2D eigenvalue weighted by molar-refractivity contribution is 0.150. The molecular formula is C20H34N2. The molecule has 2 fully saturated rings. The molecule has 2 nitrogen and oxygen atoms in total. The number of nitrogens with one attached hydrogen (secondary N) is 1. The molecule has 0 bridgehead atoms. The number of H-pyrrole nitrogens is 1. The van der Waals surface area contributed by atoms with Gasteiger partial charge in [-0.1, -0.05) is 58.3 Å². The minimum atomic E-state index is 0.727. The Bertz CT molecular complexity index is 450. The first-order valence-electron chi connectivity index (χ1n) is 9.77. The van der Waals surface area contributed by atoms with Crippen molar-refractivity contribution in [2.75, 3.05) is 0 Å². The second kappa shape index (κ2) is 7.66. The number of aromatic amines is 1. The van der Waals surface area contributed by atoms with E-state index in [0.717, 1.165) is 29.5 Å². The maximum Gasteiger partial charge on any atom is 0.103 e. The average molecular weight is 303 g/mol. The first-order chi connectivity index (χ1) is 10.8. The molecule has 0 amide bonds. The summed E-state index contributed by atoms with van der Waals surface area (Å²) in [6, 6.07) is 0. The second-order valence-electron chi connectivity index (χ2n) is 7.97. The minimum Gasteiger partial charge on any atom is -0.346 e. The van der Waals surface area contributed by atoms with E-state index in [0.29, 0.717) is 0 Å². The van der Waals surface area contributed by atoms with Crippen molar-refractivity contribution in [1.29, 1.82) is 0 Å². The number of hydrogen-bond acceptors (Lipinski definition) is 1. The lowest BCUT2D eigenvalue weighted by atomic mass is 9.67. The molecule has 0 radical (unpaired) electrons. The van der Waals surface area contributed by atoms with Crippen molar-refractivity contribution in [3.63, 3.8) is 0 Å². The van der Waals surface area contributed by atoms with Crippen LogP contribution in [0.3, 0.4) is 0 Å². The summed E-state index contributed by atoms with van der Waals surface area (Å²) in [7, 11) is 0. The Hall–Kier alpha value is -0.790. The zero-order valence-corrected chi connectivity index (χ0v) is 14.6. The number of imidazole rings is 1. The van der Waals surface area contributed by atoms with Gasteiger partial charge in [0.25, 0.3) is 0 Å². The summed E-state index contributed by atoms with van der Waals surface area (Å²) in [6.45, 7) is 4.63. The Morgan fingerprint density at radius 1 is 0.864 bits per heavy atom. The standard InChI is InChI=1S/C20H34N2/c1-15-10-6-5-9-12-18-17(15)11-7-3-4-8-13-19(18)20-14-21-16(2)22-20/h14-15,17-19H,3-13H2,1-2H3,(H,21,22). The first kappa shape index (κ1) is 16.1. The van der Waals surface area contributed by atoms with Crippen LogP contribution in [0.5, 0.6) is 0 Å². The maximum atomic E-state index is 4.51. The zero-order valence-electron chi connectivity index (χ0n) is 14.6. The van der Waals surface area contributed by atoms with Crippen molar-refractivity contribution >= 4 is 0 Å². The summed E-state index contributed by atoms with van der Waals surface area (Å²) < 4.78 is 0. The van der Waals surface area contributed by atoms with Gasteiger partial charge in [0.1, 0.15) is 5.82 Å². The highest BCUT2D eigenvalue weighted by molar-refractivity contribution is 5.10. The molecule has 0 aromatic carbocycles. The summed E-state index contributed by atoms with van der Waals surface area (Å²) >= 11 is 0. The van der Waals surface area contributed by atoms with Crippen molar-refractivity contribution in [2.24, 2.45) is 17.8 Å². The molecule has 3 rings (SSSR count). The van der Waals surface area contributed by atoms with Crippen LogP contribution in [0.25, 0.3) is 0 Å². The molecule has 2 aliphatic carbocycles. The van der Waals surface area contributed by atoms with Crippen LogP contribution in [0, 0.1) is 24.7 Å². The molecule has 1 aromatic rings.